The Bertz CT molecular complexity index is 477. The molecule has 1 N–H and O–H groups in total. The third-order valence-electron chi connectivity index (χ3n) is 2.04. The molecule has 104 valence electrons. The van der Waals surface area contributed by atoms with Crippen LogP contribution in [0.15, 0.2) is 30.9 Å². The van der Waals surface area contributed by atoms with E-state index < -0.39 is 11.7 Å². The van der Waals surface area contributed by atoms with Crippen molar-refractivity contribution in [3.63, 3.8) is 0 Å². The number of amides is 1. The Labute approximate surface area is 118 Å². The van der Waals surface area contributed by atoms with Crippen molar-refractivity contribution in [1.29, 1.82) is 0 Å². The van der Waals surface area contributed by atoms with Crippen LogP contribution in [0.1, 0.15) is 5.56 Å². The Balaban J connectivity index is 2.70. The van der Waals surface area contributed by atoms with Gasteiger partial charge in [-0.25, -0.2) is 0 Å². The van der Waals surface area contributed by atoms with Crippen LogP contribution in [0.4, 0.5) is 18.9 Å². The molecule has 1 aromatic carbocycles. The first-order valence-corrected chi connectivity index (χ1v) is 6.73. The molecular formula is C12H11ClF3NOS. The van der Waals surface area contributed by atoms with Crippen LogP contribution < -0.4 is 5.32 Å². The molecule has 1 aromatic rings. The number of hydrogen-bond donors (Lipinski definition) is 1. The molecule has 0 fully saturated rings. The maximum absolute atomic E-state index is 12.4. The summed E-state index contributed by atoms with van der Waals surface area (Å²) in [7, 11) is 0. The molecule has 0 bridgehead atoms. The molecule has 0 aliphatic rings. The van der Waals surface area contributed by atoms with Gasteiger partial charge in [0.1, 0.15) is 0 Å². The predicted molar refractivity (Wildman–Crippen MR) is 72.6 cm³/mol. The lowest BCUT2D eigenvalue weighted by molar-refractivity contribution is -0.137. The van der Waals surface area contributed by atoms with Crippen LogP contribution in [0.2, 0.25) is 5.02 Å². The molecule has 1 amide bonds. The molecular weight excluding hydrogens is 299 g/mol. The molecule has 7 heteroatoms. The lowest BCUT2D eigenvalue weighted by Crippen LogP contribution is -2.15. The maximum atomic E-state index is 12.4. The van der Waals surface area contributed by atoms with Gasteiger partial charge in [-0.05, 0) is 18.2 Å². The van der Waals surface area contributed by atoms with E-state index in [1.807, 2.05) is 0 Å². The largest absolute Gasteiger partial charge is 0.416 e. The van der Waals surface area contributed by atoms with Crippen LogP contribution in [0, 0.1) is 0 Å². The van der Waals surface area contributed by atoms with Crippen LogP contribution in [-0.4, -0.2) is 17.4 Å². The fourth-order valence-corrected chi connectivity index (χ4v) is 1.98. The van der Waals surface area contributed by atoms with E-state index >= 15 is 0 Å². The average molecular weight is 310 g/mol. The summed E-state index contributed by atoms with van der Waals surface area (Å²) in [4.78, 5) is 11.5. The van der Waals surface area contributed by atoms with Crippen LogP contribution >= 0.6 is 23.4 Å². The minimum atomic E-state index is -4.45. The Hall–Kier alpha value is -1.14. The van der Waals surface area contributed by atoms with Gasteiger partial charge in [0.05, 0.1) is 22.0 Å². The van der Waals surface area contributed by atoms with E-state index in [9.17, 15) is 18.0 Å². The van der Waals surface area contributed by atoms with Gasteiger partial charge in [0.15, 0.2) is 0 Å². The van der Waals surface area contributed by atoms with E-state index in [4.69, 9.17) is 11.6 Å². The van der Waals surface area contributed by atoms with Gasteiger partial charge in [0.2, 0.25) is 5.91 Å². The van der Waals surface area contributed by atoms with Crippen molar-refractivity contribution in [3.8, 4) is 0 Å². The molecule has 1 rings (SSSR count). The molecule has 0 spiro atoms. The van der Waals surface area contributed by atoms with Gasteiger partial charge in [-0.15, -0.1) is 18.3 Å². The summed E-state index contributed by atoms with van der Waals surface area (Å²) in [5.41, 5.74) is -0.685. The zero-order valence-corrected chi connectivity index (χ0v) is 11.3. The molecule has 0 aliphatic carbocycles. The topological polar surface area (TPSA) is 29.1 Å². The van der Waals surface area contributed by atoms with Crippen LogP contribution in [-0.2, 0) is 11.0 Å². The van der Waals surface area contributed by atoms with Crippen molar-refractivity contribution < 1.29 is 18.0 Å². The maximum Gasteiger partial charge on any atom is 0.416 e. The molecule has 0 radical (unpaired) electrons. The Morgan fingerprint density at radius 2 is 2.16 bits per heavy atom. The minimum Gasteiger partial charge on any atom is -0.324 e. The Kier molecular flexibility index (Phi) is 5.75. The van der Waals surface area contributed by atoms with Crippen molar-refractivity contribution in [3.05, 3.63) is 41.4 Å². The Morgan fingerprint density at radius 1 is 1.47 bits per heavy atom. The number of anilines is 1. The van der Waals surface area contributed by atoms with E-state index in [1.54, 1.807) is 6.08 Å². The van der Waals surface area contributed by atoms with Gasteiger partial charge in [-0.2, -0.15) is 13.2 Å². The summed E-state index contributed by atoms with van der Waals surface area (Å²) in [6.07, 6.45) is -2.80. The van der Waals surface area contributed by atoms with Crippen LogP contribution in [0.5, 0.6) is 0 Å². The normalized spacial score (nSPS) is 11.2. The summed E-state index contributed by atoms with van der Waals surface area (Å²) in [5, 5.41) is 2.31. The minimum absolute atomic E-state index is 0.142. The smallest absolute Gasteiger partial charge is 0.324 e. The number of nitrogens with one attached hydrogen (secondary N) is 1. The number of halogens is 4. The molecule has 0 saturated carbocycles. The molecule has 2 nitrogen and oxygen atoms in total. The SMILES string of the molecule is C=CCSCC(=O)Nc1ccc(C(F)(F)F)cc1Cl. The van der Waals surface area contributed by atoms with Crippen LogP contribution in [0.3, 0.4) is 0 Å². The number of thioether (sulfide) groups is 1. The van der Waals surface area contributed by atoms with Crippen molar-refractivity contribution in [2.24, 2.45) is 0 Å². The van der Waals surface area contributed by atoms with E-state index in [2.05, 4.69) is 11.9 Å². The molecule has 0 saturated heterocycles. The van der Waals surface area contributed by atoms with Crippen molar-refractivity contribution in [2.45, 2.75) is 6.18 Å². The highest BCUT2D eigenvalue weighted by Crippen LogP contribution is 2.33. The van der Waals surface area contributed by atoms with Crippen molar-refractivity contribution in [2.75, 3.05) is 16.8 Å². The van der Waals surface area contributed by atoms with E-state index in [0.29, 0.717) is 5.75 Å². The fourth-order valence-electron chi connectivity index (χ4n) is 1.21. The lowest BCUT2D eigenvalue weighted by Gasteiger charge is -2.10. The standard InChI is InChI=1S/C12H11ClF3NOS/c1-2-5-19-7-11(18)17-10-4-3-8(6-9(10)13)12(14,15)16/h2-4,6H,1,5,7H2,(H,17,18). The van der Waals surface area contributed by atoms with Gasteiger partial charge in [0, 0.05) is 5.75 Å². The number of rotatable bonds is 5. The van der Waals surface area contributed by atoms with Gasteiger partial charge < -0.3 is 5.32 Å². The first-order valence-electron chi connectivity index (χ1n) is 5.20. The number of alkyl halides is 3. The molecule has 0 aliphatic heterocycles. The summed E-state index contributed by atoms with van der Waals surface area (Å²) >= 11 is 7.04. The van der Waals surface area contributed by atoms with Gasteiger partial charge in [-0.1, -0.05) is 17.7 Å². The Morgan fingerprint density at radius 3 is 2.68 bits per heavy atom. The summed E-state index contributed by atoms with van der Waals surface area (Å²) in [6.45, 7) is 3.51. The second-order valence-corrected chi connectivity index (χ2v) is 4.98. The first-order chi connectivity index (χ1) is 8.84. The first kappa shape index (κ1) is 15.9. The highest BCUT2D eigenvalue weighted by atomic mass is 35.5. The number of benzene rings is 1. The molecule has 19 heavy (non-hydrogen) atoms. The second kappa shape index (κ2) is 6.86. The number of carbonyl (C=O) groups excluding carboxylic acids is 1. The molecule has 0 aromatic heterocycles. The summed E-state index contributed by atoms with van der Waals surface area (Å²) in [5.74, 6) is 0.478. The quantitative estimate of drug-likeness (QED) is 0.652. The second-order valence-electron chi connectivity index (χ2n) is 3.54. The number of carbonyl (C=O) groups is 1. The van der Waals surface area contributed by atoms with Crippen LogP contribution in [0.25, 0.3) is 0 Å². The van der Waals surface area contributed by atoms with Crippen molar-refractivity contribution in [1.82, 2.24) is 0 Å². The third kappa shape index (κ3) is 5.16. The van der Waals surface area contributed by atoms with E-state index in [-0.39, 0.29) is 22.4 Å². The molecule has 0 unspecified atom stereocenters. The van der Waals surface area contributed by atoms with Crippen molar-refractivity contribution >= 4 is 35.0 Å². The van der Waals surface area contributed by atoms with E-state index in [0.717, 1.165) is 18.2 Å². The fraction of sp³-hybridized carbons (Fsp3) is 0.250. The third-order valence-corrected chi connectivity index (χ3v) is 3.29. The lowest BCUT2D eigenvalue weighted by atomic mass is 10.2. The van der Waals surface area contributed by atoms with E-state index in [1.165, 1.54) is 11.8 Å². The molecule has 0 atom stereocenters. The number of hydrogen-bond acceptors (Lipinski definition) is 2. The monoisotopic (exact) mass is 309 g/mol. The predicted octanol–water partition coefficient (Wildman–Crippen LogP) is 4.22. The zero-order valence-electron chi connectivity index (χ0n) is 9.76. The average Bonchev–Trinajstić information content (AvgIpc) is 2.31. The molecule has 0 heterocycles. The highest BCUT2D eigenvalue weighted by molar-refractivity contribution is 8.00. The highest BCUT2D eigenvalue weighted by Gasteiger charge is 2.30. The van der Waals surface area contributed by atoms with Gasteiger partial charge in [0.25, 0.3) is 0 Å². The zero-order chi connectivity index (χ0) is 14.5. The van der Waals surface area contributed by atoms with Gasteiger partial charge in [-0.3, -0.25) is 4.79 Å². The summed E-state index contributed by atoms with van der Waals surface area (Å²) < 4.78 is 37.2. The summed E-state index contributed by atoms with van der Waals surface area (Å²) in [6, 6.07) is 2.80. The van der Waals surface area contributed by atoms with Gasteiger partial charge >= 0.3 is 6.18 Å².